The van der Waals surface area contributed by atoms with E-state index < -0.39 is 5.76 Å². The van der Waals surface area contributed by atoms with Gasteiger partial charge in [0.05, 0.1) is 17.9 Å². The number of benzene rings is 3. The standard InChI is InChI=1S/C37H33N3O4S2/c41-36-33(44-37(42)40(36)23-30-25-45-34(38-30)21-17-27-9-3-1-4-10-27)14-8-7-13-29-15-19-32(20-16-29)43-24-31-26-46-35(39-31)22-18-28-11-5-2-6-12-28/h1-6,9-12,15-22,25-26,41H,7-8,13-14,23-24H2. The molecule has 3 aromatic carbocycles. The van der Waals surface area contributed by atoms with Crippen LogP contribution in [-0.2, 0) is 26.0 Å². The molecule has 46 heavy (non-hydrogen) atoms. The second kappa shape index (κ2) is 15.3. The Morgan fingerprint density at radius 1 is 0.739 bits per heavy atom. The van der Waals surface area contributed by atoms with Crippen LogP contribution in [0.1, 0.15) is 56.7 Å². The predicted octanol–water partition coefficient (Wildman–Crippen LogP) is 8.59. The van der Waals surface area contributed by atoms with Gasteiger partial charge in [0.15, 0.2) is 5.76 Å². The number of thiazole rings is 2. The minimum Gasteiger partial charge on any atom is -0.492 e. The summed E-state index contributed by atoms with van der Waals surface area (Å²) in [5.41, 5.74) is 5.02. The molecule has 0 saturated heterocycles. The fraction of sp³-hybridized carbons (Fsp3) is 0.162. The maximum Gasteiger partial charge on any atom is 0.422 e. The molecule has 3 heterocycles. The zero-order valence-corrected chi connectivity index (χ0v) is 26.8. The quantitative estimate of drug-likeness (QED) is 0.119. The number of aryl methyl sites for hydroxylation is 2. The molecule has 9 heteroatoms. The largest absolute Gasteiger partial charge is 0.492 e. The van der Waals surface area contributed by atoms with Crippen molar-refractivity contribution in [3.8, 4) is 11.6 Å². The van der Waals surface area contributed by atoms with Crippen LogP contribution in [0.4, 0.5) is 0 Å². The van der Waals surface area contributed by atoms with Gasteiger partial charge in [-0.15, -0.1) is 22.7 Å². The summed E-state index contributed by atoms with van der Waals surface area (Å²) in [6.45, 7) is 0.575. The molecule has 0 bridgehead atoms. The van der Waals surface area contributed by atoms with Gasteiger partial charge < -0.3 is 14.3 Å². The van der Waals surface area contributed by atoms with Crippen molar-refractivity contribution in [1.82, 2.24) is 14.5 Å². The lowest BCUT2D eigenvalue weighted by Gasteiger charge is -2.06. The fourth-order valence-corrected chi connectivity index (χ4v) is 6.23. The normalized spacial score (nSPS) is 11.6. The third kappa shape index (κ3) is 8.59. The van der Waals surface area contributed by atoms with E-state index in [1.54, 1.807) is 11.3 Å². The summed E-state index contributed by atoms with van der Waals surface area (Å²) in [5.74, 6) is 0.412. The molecule has 0 amide bonds. The first-order valence-corrected chi connectivity index (χ1v) is 16.8. The summed E-state index contributed by atoms with van der Waals surface area (Å²) in [4.78, 5) is 21.7. The summed E-state index contributed by atoms with van der Waals surface area (Å²) in [5, 5.41) is 16.4. The van der Waals surface area contributed by atoms with Crippen LogP contribution in [0.2, 0.25) is 0 Å². The first kappa shape index (κ1) is 31.0. The van der Waals surface area contributed by atoms with Crippen LogP contribution in [-0.4, -0.2) is 19.6 Å². The van der Waals surface area contributed by atoms with Crippen molar-refractivity contribution >= 4 is 47.0 Å². The molecular weight excluding hydrogens is 615 g/mol. The first-order valence-electron chi connectivity index (χ1n) is 15.1. The molecule has 3 aromatic heterocycles. The Balaban J connectivity index is 0.934. The number of nitrogens with zero attached hydrogens (tertiary/aromatic N) is 3. The van der Waals surface area contributed by atoms with E-state index in [9.17, 15) is 9.90 Å². The zero-order valence-electron chi connectivity index (χ0n) is 25.1. The Kier molecular flexibility index (Phi) is 10.3. The van der Waals surface area contributed by atoms with Gasteiger partial charge in [-0.1, -0.05) is 84.9 Å². The SMILES string of the molecule is O=c1oc(CCCCc2ccc(OCc3csc(C=Cc4ccccc4)n3)cc2)c(O)n1Cc1csc(C=Cc2ccccc2)n1. The summed E-state index contributed by atoms with van der Waals surface area (Å²) >= 11 is 3.08. The number of aromatic nitrogens is 3. The molecule has 6 rings (SSSR count). The molecule has 0 radical (unpaired) electrons. The minimum atomic E-state index is -0.574. The summed E-state index contributed by atoms with van der Waals surface area (Å²) in [6, 6.07) is 28.2. The van der Waals surface area contributed by atoms with E-state index in [4.69, 9.17) is 9.15 Å². The van der Waals surface area contributed by atoms with Crippen molar-refractivity contribution in [1.29, 1.82) is 0 Å². The lowest BCUT2D eigenvalue weighted by Crippen LogP contribution is -2.14. The van der Waals surface area contributed by atoms with Crippen molar-refractivity contribution in [2.24, 2.45) is 0 Å². The Bertz CT molecular complexity index is 1950. The molecule has 0 saturated carbocycles. The highest BCUT2D eigenvalue weighted by Gasteiger charge is 2.17. The third-order valence-corrected chi connectivity index (χ3v) is 8.98. The van der Waals surface area contributed by atoms with Crippen LogP contribution in [0, 0.1) is 0 Å². The van der Waals surface area contributed by atoms with Crippen molar-refractivity contribution in [2.75, 3.05) is 0 Å². The Morgan fingerprint density at radius 3 is 1.98 bits per heavy atom. The fourth-order valence-electron chi connectivity index (χ4n) is 4.83. The molecule has 1 N–H and O–H groups in total. The Hall–Kier alpha value is -4.99. The van der Waals surface area contributed by atoms with Crippen LogP contribution in [0.15, 0.2) is 105 Å². The van der Waals surface area contributed by atoms with Gasteiger partial charge in [-0.3, -0.25) is 0 Å². The monoisotopic (exact) mass is 647 g/mol. The van der Waals surface area contributed by atoms with Crippen molar-refractivity contribution < 1.29 is 14.3 Å². The van der Waals surface area contributed by atoms with E-state index in [0.29, 0.717) is 24.5 Å². The van der Waals surface area contributed by atoms with Gasteiger partial charge in [-0.25, -0.2) is 19.3 Å². The smallest absolute Gasteiger partial charge is 0.422 e. The zero-order chi connectivity index (χ0) is 31.6. The topological polar surface area (TPSA) is 90.4 Å². The highest BCUT2D eigenvalue weighted by molar-refractivity contribution is 7.10. The molecule has 6 aromatic rings. The third-order valence-electron chi connectivity index (χ3n) is 7.26. The van der Waals surface area contributed by atoms with Crippen LogP contribution in [0.3, 0.4) is 0 Å². The van der Waals surface area contributed by atoms with Gasteiger partial charge in [-0.05, 0) is 60.2 Å². The van der Waals surface area contributed by atoms with Gasteiger partial charge in [0.2, 0.25) is 5.88 Å². The Morgan fingerprint density at radius 2 is 1.33 bits per heavy atom. The Labute approximate surface area is 275 Å². The van der Waals surface area contributed by atoms with Gasteiger partial charge in [0.25, 0.3) is 0 Å². The van der Waals surface area contributed by atoms with Crippen LogP contribution < -0.4 is 10.5 Å². The van der Waals surface area contributed by atoms with E-state index in [1.165, 1.54) is 21.5 Å². The molecular formula is C37H33N3O4S2. The van der Waals surface area contributed by atoms with E-state index >= 15 is 0 Å². The molecule has 0 aliphatic rings. The number of hydrogen-bond donors (Lipinski definition) is 1. The summed E-state index contributed by atoms with van der Waals surface area (Å²) in [7, 11) is 0. The summed E-state index contributed by atoms with van der Waals surface area (Å²) in [6.07, 6.45) is 11.0. The predicted molar refractivity (Wildman–Crippen MR) is 186 cm³/mol. The van der Waals surface area contributed by atoms with E-state index in [1.807, 2.05) is 89.7 Å². The van der Waals surface area contributed by atoms with Crippen LogP contribution in [0.5, 0.6) is 11.6 Å². The number of ether oxygens (including phenoxy) is 1. The highest BCUT2D eigenvalue weighted by Crippen LogP contribution is 2.22. The molecule has 0 aliphatic carbocycles. The van der Waals surface area contributed by atoms with E-state index in [2.05, 4.69) is 40.3 Å². The second-order valence-corrected chi connectivity index (χ2v) is 12.5. The first-order chi connectivity index (χ1) is 22.6. The molecule has 7 nitrogen and oxygen atoms in total. The van der Waals surface area contributed by atoms with Crippen LogP contribution >= 0.6 is 22.7 Å². The molecule has 0 atom stereocenters. The number of aromatic hydroxyl groups is 1. The minimum absolute atomic E-state index is 0.125. The lowest BCUT2D eigenvalue weighted by molar-refractivity contribution is 0.302. The van der Waals surface area contributed by atoms with E-state index in [-0.39, 0.29) is 12.4 Å². The second-order valence-electron chi connectivity index (χ2n) is 10.7. The maximum atomic E-state index is 12.5. The number of oxazole rings is 1. The van der Waals surface area contributed by atoms with E-state index in [0.717, 1.165) is 51.8 Å². The van der Waals surface area contributed by atoms with Gasteiger partial charge in [0.1, 0.15) is 22.4 Å². The number of unbranched alkanes of at least 4 members (excludes halogenated alkanes) is 1. The number of rotatable bonds is 14. The lowest BCUT2D eigenvalue weighted by atomic mass is 10.1. The molecule has 0 spiro atoms. The van der Waals surface area contributed by atoms with Crippen molar-refractivity contribution in [2.45, 2.75) is 38.8 Å². The van der Waals surface area contributed by atoms with Gasteiger partial charge >= 0.3 is 5.76 Å². The molecule has 0 fully saturated rings. The highest BCUT2D eigenvalue weighted by atomic mass is 32.1. The maximum absolute atomic E-state index is 12.5. The average Bonchev–Trinajstić information content (AvgIpc) is 3.82. The van der Waals surface area contributed by atoms with Crippen LogP contribution in [0.25, 0.3) is 24.3 Å². The summed E-state index contributed by atoms with van der Waals surface area (Å²) < 4.78 is 12.6. The molecule has 0 unspecified atom stereocenters. The molecule has 232 valence electrons. The average molecular weight is 648 g/mol. The van der Waals surface area contributed by atoms with Crippen molar-refractivity contribution in [3.05, 3.63) is 150 Å². The van der Waals surface area contributed by atoms with Crippen molar-refractivity contribution in [3.63, 3.8) is 0 Å². The van der Waals surface area contributed by atoms with Gasteiger partial charge in [-0.2, -0.15) is 0 Å². The number of hydrogen-bond acceptors (Lipinski definition) is 8. The molecule has 0 aliphatic heterocycles. The van der Waals surface area contributed by atoms with Gasteiger partial charge in [0, 0.05) is 17.2 Å².